The van der Waals surface area contributed by atoms with Crippen LogP contribution in [0.5, 0.6) is 0 Å². The Morgan fingerprint density at radius 3 is 2.40 bits per heavy atom. The second-order valence-electron chi connectivity index (χ2n) is 5.00. The van der Waals surface area contributed by atoms with E-state index in [-0.39, 0.29) is 6.04 Å². The predicted octanol–water partition coefficient (Wildman–Crippen LogP) is 4.28. The molecule has 1 nitrogen and oxygen atoms in total. The van der Waals surface area contributed by atoms with Gasteiger partial charge in [-0.1, -0.05) is 25.1 Å². The van der Waals surface area contributed by atoms with E-state index in [0.717, 1.165) is 17.2 Å². The molecule has 0 aliphatic heterocycles. The molecular formula is C17H19F2N. The molecule has 106 valence electrons. The number of halogens is 2. The molecule has 0 heterocycles. The normalized spacial score (nSPS) is 12.4. The molecule has 0 radical (unpaired) electrons. The number of hydrogen-bond acceptors (Lipinski definition) is 1. The van der Waals surface area contributed by atoms with Crippen molar-refractivity contribution in [1.29, 1.82) is 0 Å². The monoisotopic (exact) mass is 275 g/mol. The Hall–Kier alpha value is -1.74. The standard InChI is InChI=1S/C17H19F2N/c1-4-20-17(13-6-5-11(2)12(3)9-13)15-10-14(18)7-8-16(15)19/h5-10,17,20H,4H2,1-3H3. The highest BCUT2D eigenvalue weighted by Crippen LogP contribution is 2.26. The Labute approximate surface area is 118 Å². The van der Waals surface area contributed by atoms with E-state index in [4.69, 9.17) is 0 Å². The minimum atomic E-state index is -0.423. The lowest BCUT2D eigenvalue weighted by Crippen LogP contribution is -2.23. The van der Waals surface area contributed by atoms with E-state index in [1.54, 1.807) is 0 Å². The molecule has 0 saturated carbocycles. The summed E-state index contributed by atoms with van der Waals surface area (Å²) in [7, 11) is 0. The summed E-state index contributed by atoms with van der Waals surface area (Å²) in [6.07, 6.45) is 0. The first-order chi connectivity index (χ1) is 9.52. The SMILES string of the molecule is CCNC(c1ccc(C)c(C)c1)c1cc(F)ccc1F. The van der Waals surface area contributed by atoms with Gasteiger partial charge in [-0.25, -0.2) is 8.78 Å². The third-order valence-electron chi connectivity index (χ3n) is 3.54. The molecule has 1 unspecified atom stereocenters. The first-order valence-corrected chi connectivity index (χ1v) is 6.78. The van der Waals surface area contributed by atoms with Gasteiger partial charge in [0.05, 0.1) is 6.04 Å². The van der Waals surface area contributed by atoms with Crippen LogP contribution in [0.2, 0.25) is 0 Å². The Morgan fingerprint density at radius 1 is 1.00 bits per heavy atom. The van der Waals surface area contributed by atoms with Gasteiger partial charge in [-0.15, -0.1) is 0 Å². The van der Waals surface area contributed by atoms with Crippen LogP contribution >= 0.6 is 0 Å². The zero-order valence-electron chi connectivity index (χ0n) is 12.0. The van der Waals surface area contributed by atoms with Crippen molar-refractivity contribution in [2.24, 2.45) is 0 Å². The molecule has 20 heavy (non-hydrogen) atoms. The predicted molar refractivity (Wildman–Crippen MR) is 77.8 cm³/mol. The van der Waals surface area contributed by atoms with Gasteiger partial charge in [-0.05, 0) is 55.3 Å². The molecule has 0 amide bonds. The highest BCUT2D eigenvalue weighted by atomic mass is 19.1. The van der Waals surface area contributed by atoms with Crippen LogP contribution in [0.25, 0.3) is 0 Å². The second-order valence-corrected chi connectivity index (χ2v) is 5.00. The largest absolute Gasteiger partial charge is 0.306 e. The molecule has 1 atom stereocenters. The Bertz CT molecular complexity index is 608. The third kappa shape index (κ3) is 3.05. The average molecular weight is 275 g/mol. The number of benzene rings is 2. The summed E-state index contributed by atoms with van der Waals surface area (Å²) in [5.41, 5.74) is 3.61. The molecule has 2 aromatic rings. The summed E-state index contributed by atoms with van der Waals surface area (Å²) in [5.74, 6) is -0.816. The Balaban J connectivity index is 2.49. The Morgan fingerprint density at radius 2 is 1.75 bits per heavy atom. The van der Waals surface area contributed by atoms with Crippen molar-refractivity contribution in [3.8, 4) is 0 Å². The molecule has 2 rings (SSSR count). The molecule has 0 spiro atoms. The van der Waals surface area contributed by atoms with E-state index in [1.807, 2.05) is 39.0 Å². The average Bonchev–Trinajstić information content (AvgIpc) is 2.42. The molecule has 0 bridgehead atoms. The lowest BCUT2D eigenvalue weighted by Gasteiger charge is -2.20. The van der Waals surface area contributed by atoms with E-state index in [0.29, 0.717) is 12.1 Å². The van der Waals surface area contributed by atoms with Crippen LogP contribution in [-0.2, 0) is 0 Å². The minimum absolute atomic E-state index is 0.338. The van der Waals surface area contributed by atoms with Crippen molar-refractivity contribution >= 4 is 0 Å². The maximum Gasteiger partial charge on any atom is 0.128 e. The van der Waals surface area contributed by atoms with Crippen molar-refractivity contribution in [3.05, 3.63) is 70.3 Å². The van der Waals surface area contributed by atoms with Crippen molar-refractivity contribution in [2.45, 2.75) is 26.8 Å². The smallest absolute Gasteiger partial charge is 0.128 e. The van der Waals surface area contributed by atoms with Gasteiger partial charge in [0.15, 0.2) is 0 Å². The van der Waals surface area contributed by atoms with Gasteiger partial charge < -0.3 is 5.32 Å². The van der Waals surface area contributed by atoms with E-state index >= 15 is 0 Å². The van der Waals surface area contributed by atoms with Gasteiger partial charge in [-0.2, -0.15) is 0 Å². The summed E-state index contributed by atoms with van der Waals surface area (Å²) in [5, 5.41) is 3.22. The summed E-state index contributed by atoms with van der Waals surface area (Å²) < 4.78 is 27.4. The molecule has 0 aliphatic rings. The maximum absolute atomic E-state index is 14.0. The van der Waals surface area contributed by atoms with E-state index < -0.39 is 11.6 Å². The van der Waals surface area contributed by atoms with Crippen molar-refractivity contribution in [1.82, 2.24) is 5.32 Å². The van der Waals surface area contributed by atoms with Crippen LogP contribution in [0.4, 0.5) is 8.78 Å². The zero-order chi connectivity index (χ0) is 14.7. The lowest BCUT2D eigenvalue weighted by atomic mass is 9.95. The molecule has 2 aromatic carbocycles. The molecule has 1 N–H and O–H groups in total. The first-order valence-electron chi connectivity index (χ1n) is 6.78. The van der Waals surface area contributed by atoms with Crippen LogP contribution in [0.3, 0.4) is 0 Å². The van der Waals surface area contributed by atoms with Crippen LogP contribution < -0.4 is 5.32 Å². The number of rotatable bonds is 4. The molecule has 0 fully saturated rings. The van der Waals surface area contributed by atoms with Crippen molar-refractivity contribution in [2.75, 3.05) is 6.54 Å². The summed E-state index contributed by atoms with van der Waals surface area (Å²) >= 11 is 0. The number of hydrogen-bond donors (Lipinski definition) is 1. The molecule has 0 saturated heterocycles. The Kier molecular flexibility index (Phi) is 4.50. The van der Waals surface area contributed by atoms with Crippen LogP contribution in [0.1, 0.15) is 35.2 Å². The maximum atomic E-state index is 14.0. The number of aryl methyl sites for hydroxylation is 2. The van der Waals surface area contributed by atoms with Gasteiger partial charge in [0.1, 0.15) is 11.6 Å². The lowest BCUT2D eigenvalue weighted by molar-refractivity contribution is 0.544. The van der Waals surface area contributed by atoms with Gasteiger partial charge >= 0.3 is 0 Å². The van der Waals surface area contributed by atoms with Crippen LogP contribution in [0, 0.1) is 25.5 Å². The quantitative estimate of drug-likeness (QED) is 0.878. The number of nitrogens with one attached hydrogen (secondary N) is 1. The van der Waals surface area contributed by atoms with Gasteiger partial charge in [0, 0.05) is 5.56 Å². The van der Waals surface area contributed by atoms with Gasteiger partial charge in [0.25, 0.3) is 0 Å². The third-order valence-corrected chi connectivity index (χ3v) is 3.54. The summed E-state index contributed by atoms with van der Waals surface area (Å²) in [4.78, 5) is 0. The fourth-order valence-corrected chi connectivity index (χ4v) is 2.29. The van der Waals surface area contributed by atoms with E-state index in [9.17, 15) is 8.78 Å². The van der Waals surface area contributed by atoms with Crippen LogP contribution in [0.15, 0.2) is 36.4 Å². The fourth-order valence-electron chi connectivity index (χ4n) is 2.29. The molecule has 3 heteroatoms. The molecule has 0 aromatic heterocycles. The summed E-state index contributed by atoms with van der Waals surface area (Å²) in [6.45, 7) is 6.67. The van der Waals surface area contributed by atoms with E-state index in [2.05, 4.69) is 5.32 Å². The zero-order valence-corrected chi connectivity index (χ0v) is 12.0. The van der Waals surface area contributed by atoms with Gasteiger partial charge in [-0.3, -0.25) is 0 Å². The topological polar surface area (TPSA) is 12.0 Å². The molecule has 0 aliphatic carbocycles. The fraction of sp³-hybridized carbons (Fsp3) is 0.294. The summed E-state index contributed by atoms with van der Waals surface area (Å²) in [6, 6.07) is 9.23. The minimum Gasteiger partial charge on any atom is -0.306 e. The highest BCUT2D eigenvalue weighted by Gasteiger charge is 2.18. The molecular weight excluding hydrogens is 256 g/mol. The first kappa shape index (κ1) is 14.7. The highest BCUT2D eigenvalue weighted by molar-refractivity contribution is 5.37. The van der Waals surface area contributed by atoms with Crippen molar-refractivity contribution < 1.29 is 8.78 Å². The van der Waals surface area contributed by atoms with Gasteiger partial charge in [0.2, 0.25) is 0 Å². The van der Waals surface area contributed by atoms with E-state index in [1.165, 1.54) is 17.7 Å². The van der Waals surface area contributed by atoms with Crippen LogP contribution in [-0.4, -0.2) is 6.54 Å². The van der Waals surface area contributed by atoms with Crippen molar-refractivity contribution in [3.63, 3.8) is 0 Å². The second kappa shape index (κ2) is 6.14.